The van der Waals surface area contributed by atoms with Gasteiger partial charge in [-0.15, -0.1) is 0 Å². The van der Waals surface area contributed by atoms with E-state index in [0.717, 1.165) is 16.5 Å². The van der Waals surface area contributed by atoms with Crippen molar-refractivity contribution in [3.05, 3.63) is 53.2 Å². The monoisotopic (exact) mass is 487 g/mol. The number of alkyl halides is 2. The summed E-state index contributed by atoms with van der Waals surface area (Å²) < 4.78 is 47.8. The number of hydrogen-bond donors (Lipinski definition) is 2. The van der Waals surface area contributed by atoms with E-state index >= 15 is 0 Å². The quantitative estimate of drug-likeness (QED) is 0.530. The Hall–Kier alpha value is -3.14. The van der Waals surface area contributed by atoms with Gasteiger partial charge in [-0.3, -0.25) is 4.79 Å². The number of benzene rings is 1. The molecule has 0 spiro atoms. The van der Waals surface area contributed by atoms with Crippen molar-refractivity contribution in [1.29, 1.82) is 4.78 Å². The van der Waals surface area contributed by atoms with E-state index in [1.807, 2.05) is 26.0 Å². The molecule has 0 bridgehead atoms. The molecule has 34 heavy (non-hydrogen) atoms. The SMILES string of the molecule is Cc1cc2cc(C(=O)Nc3ccnc(S(C)(=N)=O)c3)c(N3CCCC(F)(F)CC3)nc2cc1C. The number of rotatable bonds is 4. The third kappa shape index (κ3) is 5.16. The molecule has 1 fully saturated rings. The van der Waals surface area contributed by atoms with E-state index in [1.165, 1.54) is 18.5 Å². The highest BCUT2D eigenvalue weighted by molar-refractivity contribution is 7.91. The minimum atomic E-state index is -3.06. The van der Waals surface area contributed by atoms with Gasteiger partial charge in [-0.05, 0) is 61.7 Å². The number of fused-ring (bicyclic) bond motifs is 1. The second kappa shape index (κ2) is 8.90. The Bertz CT molecular complexity index is 1380. The average molecular weight is 488 g/mol. The van der Waals surface area contributed by atoms with E-state index in [2.05, 4.69) is 10.3 Å². The minimum absolute atomic E-state index is 0.0583. The number of carbonyl (C=O) groups excluding carboxylic acids is 1. The number of carbonyl (C=O) groups is 1. The van der Waals surface area contributed by atoms with E-state index in [0.29, 0.717) is 30.0 Å². The number of amides is 1. The molecule has 7 nitrogen and oxygen atoms in total. The fourth-order valence-corrected chi connectivity index (χ4v) is 4.63. The first-order valence-corrected chi connectivity index (χ1v) is 13.0. The number of nitrogens with one attached hydrogen (secondary N) is 2. The third-order valence-corrected chi connectivity index (χ3v) is 7.09. The summed E-state index contributed by atoms with van der Waals surface area (Å²) in [5, 5.41) is 3.60. The van der Waals surface area contributed by atoms with Crippen LogP contribution in [0.2, 0.25) is 0 Å². The number of anilines is 2. The van der Waals surface area contributed by atoms with E-state index in [4.69, 9.17) is 9.76 Å². The summed E-state index contributed by atoms with van der Waals surface area (Å²) in [6.07, 6.45) is 2.43. The van der Waals surface area contributed by atoms with Gasteiger partial charge >= 0.3 is 0 Å². The predicted molar refractivity (Wildman–Crippen MR) is 129 cm³/mol. The molecule has 0 radical (unpaired) electrons. The number of pyridine rings is 2. The number of halogens is 2. The lowest BCUT2D eigenvalue weighted by atomic mass is 10.0. The van der Waals surface area contributed by atoms with E-state index in [9.17, 15) is 17.8 Å². The van der Waals surface area contributed by atoms with Gasteiger partial charge < -0.3 is 10.2 Å². The highest BCUT2D eigenvalue weighted by Gasteiger charge is 2.33. The van der Waals surface area contributed by atoms with E-state index in [1.54, 1.807) is 17.0 Å². The van der Waals surface area contributed by atoms with Crippen LogP contribution in [0.4, 0.5) is 20.3 Å². The lowest BCUT2D eigenvalue weighted by Crippen LogP contribution is -2.29. The van der Waals surface area contributed by atoms with Gasteiger partial charge in [-0.25, -0.2) is 27.7 Å². The Morgan fingerprint density at radius 2 is 1.88 bits per heavy atom. The first-order chi connectivity index (χ1) is 15.9. The average Bonchev–Trinajstić information content (AvgIpc) is 2.94. The van der Waals surface area contributed by atoms with Crippen LogP contribution in [0.3, 0.4) is 0 Å². The molecule has 1 aliphatic rings. The molecule has 4 rings (SSSR count). The molecular weight excluding hydrogens is 460 g/mol. The maximum atomic E-state index is 14.0. The summed E-state index contributed by atoms with van der Waals surface area (Å²) in [5.74, 6) is -2.85. The van der Waals surface area contributed by atoms with Crippen LogP contribution < -0.4 is 10.2 Å². The molecule has 1 aromatic carbocycles. The summed E-state index contributed by atoms with van der Waals surface area (Å²) in [5.41, 5.74) is 3.40. The Labute approximate surface area is 197 Å². The minimum Gasteiger partial charge on any atom is -0.356 e. The van der Waals surface area contributed by atoms with E-state index in [-0.39, 0.29) is 30.0 Å². The maximum Gasteiger partial charge on any atom is 0.259 e. The molecule has 3 heterocycles. The molecule has 1 saturated heterocycles. The van der Waals surface area contributed by atoms with Crippen LogP contribution >= 0.6 is 0 Å². The molecule has 3 aromatic rings. The van der Waals surface area contributed by atoms with Crippen LogP contribution in [0.1, 0.15) is 40.7 Å². The predicted octanol–water partition coefficient (Wildman–Crippen LogP) is 5.16. The highest BCUT2D eigenvalue weighted by Crippen LogP contribution is 2.32. The van der Waals surface area contributed by atoms with Crippen molar-refractivity contribution in [2.45, 2.75) is 44.1 Å². The summed E-state index contributed by atoms with van der Waals surface area (Å²) in [6, 6.07) is 8.56. The van der Waals surface area contributed by atoms with Gasteiger partial charge in [0.2, 0.25) is 5.92 Å². The van der Waals surface area contributed by atoms with Gasteiger partial charge in [0.25, 0.3) is 5.91 Å². The summed E-state index contributed by atoms with van der Waals surface area (Å²) in [4.78, 5) is 23.8. The molecule has 2 N–H and O–H groups in total. The van der Waals surface area contributed by atoms with Crippen molar-refractivity contribution in [2.24, 2.45) is 0 Å². The highest BCUT2D eigenvalue weighted by atomic mass is 32.2. The Morgan fingerprint density at radius 3 is 2.62 bits per heavy atom. The lowest BCUT2D eigenvalue weighted by Gasteiger charge is -2.25. The first kappa shape index (κ1) is 24.0. The molecular formula is C24H27F2N5O2S. The zero-order chi connectivity index (χ0) is 24.7. The molecule has 1 amide bonds. The topological polar surface area (TPSA) is 99.0 Å². The summed E-state index contributed by atoms with van der Waals surface area (Å²) in [6.45, 7) is 4.41. The maximum absolute atomic E-state index is 14.0. The molecule has 1 unspecified atom stereocenters. The lowest BCUT2D eigenvalue weighted by molar-refractivity contribution is -0.0102. The zero-order valence-corrected chi connectivity index (χ0v) is 20.1. The zero-order valence-electron chi connectivity index (χ0n) is 19.3. The number of nitrogens with zero attached hydrogens (tertiary/aromatic N) is 3. The van der Waals surface area contributed by atoms with Crippen LogP contribution in [0.15, 0.2) is 41.6 Å². The fraction of sp³-hybridized carbons (Fsp3) is 0.375. The molecule has 10 heteroatoms. The smallest absolute Gasteiger partial charge is 0.259 e. The van der Waals surface area contributed by atoms with Crippen LogP contribution in [-0.4, -0.2) is 45.4 Å². The number of aryl methyl sites for hydroxylation is 2. The number of hydrogen-bond acceptors (Lipinski definition) is 6. The molecule has 1 aliphatic heterocycles. The van der Waals surface area contributed by atoms with E-state index < -0.39 is 21.6 Å². The Balaban J connectivity index is 1.77. The fourth-order valence-electron chi connectivity index (χ4n) is 4.01. The normalized spacial score (nSPS) is 17.7. The summed E-state index contributed by atoms with van der Waals surface area (Å²) in [7, 11) is -3.06. The number of aromatic nitrogens is 2. The third-order valence-electron chi connectivity index (χ3n) is 6.06. The first-order valence-electron chi connectivity index (χ1n) is 11.0. The van der Waals surface area contributed by atoms with Crippen molar-refractivity contribution in [2.75, 3.05) is 29.6 Å². The molecule has 1 atom stereocenters. The van der Waals surface area contributed by atoms with Gasteiger partial charge in [0.05, 0.1) is 20.8 Å². The second-order valence-electron chi connectivity index (χ2n) is 8.87. The Kier molecular flexibility index (Phi) is 6.28. The van der Waals surface area contributed by atoms with Crippen molar-refractivity contribution < 1.29 is 17.8 Å². The Morgan fingerprint density at radius 1 is 1.15 bits per heavy atom. The van der Waals surface area contributed by atoms with Crippen molar-refractivity contribution in [3.8, 4) is 0 Å². The van der Waals surface area contributed by atoms with Crippen molar-refractivity contribution in [1.82, 2.24) is 9.97 Å². The van der Waals surface area contributed by atoms with Crippen molar-refractivity contribution >= 4 is 38.0 Å². The van der Waals surface area contributed by atoms with Gasteiger partial charge in [0.15, 0.2) is 0 Å². The molecule has 0 saturated carbocycles. The largest absolute Gasteiger partial charge is 0.356 e. The summed E-state index contributed by atoms with van der Waals surface area (Å²) >= 11 is 0. The molecule has 2 aromatic heterocycles. The van der Waals surface area contributed by atoms with Crippen LogP contribution in [0.25, 0.3) is 10.9 Å². The van der Waals surface area contributed by atoms with Gasteiger partial charge in [-0.2, -0.15) is 0 Å². The van der Waals surface area contributed by atoms with Gasteiger partial charge in [-0.1, -0.05) is 0 Å². The van der Waals surface area contributed by atoms with Gasteiger partial charge in [0.1, 0.15) is 10.8 Å². The molecule has 0 aliphatic carbocycles. The van der Waals surface area contributed by atoms with Crippen LogP contribution in [0.5, 0.6) is 0 Å². The second-order valence-corrected chi connectivity index (χ2v) is 11.0. The van der Waals surface area contributed by atoms with Crippen molar-refractivity contribution in [3.63, 3.8) is 0 Å². The molecule has 180 valence electrons. The van der Waals surface area contributed by atoms with Crippen LogP contribution in [0, 0.1) is 18.6 Å². The standard InChI is InChI=1S/C24H27F2N5O2S/c1-15-11-17-13-19(23(32)29-18-5-8-28-21(14-18)34(3,27)33)22(30-20(17)12-16(15)2)31-9-4-6-24(25,26)7-10-31/h5,8,11-14,27H,4,6-7,9-10H2,1-3H3,(H,28,29,32). The van der Waals surface area contributed by atoms with Crippen LogP contribution in [-0.2, 0) is 9.73 Å². The van der Waals surface area contributed by atoms with Gasteiger partial charge in [0, 0.05) is 49.5 Å².